The van der Waals surface area contributed by atoms with Crippen molar-refractivity contribution >= 4 is 0 Å². The molecule has 0 amide bonds. The molecule has 7 nitrogen and oxygen atoms in total. The van der Waals surface area contributed by atoms with E-state index in [9.17, 15) is 5.11 Å². The van der Waals surface area contributed by atoms with Crippen molar-refractivity contribution in [2.45, 2.75) is 12.2 Å². The average Bonchev–Trinajstić information content (AvgIpc) is 2.91. The third-order valence-corrected chi connectivity index (χ3v) is 3.01. The van der Waals surface area contributed by atoms with Gasteiger partial charge in [0.15, 0.2) is 6.10 Å². The summed E-state index contributed by atoms with van der Waals surface area (Å²) in [6, 6.07) is 0. The summed E-state index contributed by atoms with van der Waals surface area (Å²) in [4.78, 5) is 0. The summed E-state index contributed by atoms with van der Waals surface area (Å²) in [6.45, 7) is 4.74. The molecule has 0 spiro atoms. The zero-order valence-electron chi connectivity index (χ0n) is 13.4. The van der Waals surface area contributed by atoms with Gasteiger partial charge in [-0.3, -0.25) is 0 Å². The highest BCUT2D eigenvalue weighted by Gasteiger charge is 2.26. The van der Waals surface area contributed by atoms with Crippen LogP contribution in [0.25, 0.3) is 0 Å². The van der Waals surface area contributed by atoms with Crippen LogP contribution in [0.4, 0.5) is 0 Å². The van der Waals surface area contributed by atoms with E-state index in [1.165, 1.54) is 0 Å². The number of rotatable bonds is 9. The Morgan fingerprint density at radius 3 is 2.15 bits per heavy atom. The standard InChI is InChI=1S/C13H30N2O3.2H2O/c1-14(2,3)8-12(16)9-15(4,5)6-7-17-10-13-11-18-13;;/h12-13,16H,6-11H2,1-5H3;2*1H2/q+2;;/p-2. The van der Waals surface area contributed by atoms with Gasteiger partial charge in [-0.05, 0) is 0 Å². The third-order valence-electron chi connectivity index (χ3n) is 3.01. The molecule has 0 aliphatic carbocycles. The molecule has 2 unspecified atom stereocenters. The van der Waals surface area contributed by atoms with E-state index in [-0.39, 0.29) is 17.1 Å². The van der Waals surface area contributed by atoms with Gasteiger partial charge in [-0.15, -0.1) is 0 Å². The number of nitrogens with zero attached hydrogens (tertiary/aromatic N) is 2. The van der Waals surface area contributed by atoms with Crippen LogP contribution in [-0.4, -0.2) is 112 Å². The fourth-order valence-electron chi connectivity index (χ4n) is 2.04. The Labute approximate surface area is 122 Å². The molecule has 0 aromatic rings. The summed E-state index contributed by atoms with van der Waals surface area (Å²) in [5.41, 5.74) is 0. The van der Waals surface area contributed by atoms with Gasteiger partial charge < -0.3 is 34.5 Å². The van der Waals surface area contributed by atoms with Crippen molar-refractivity contribution in [1.29, 1.82) is 0 Å². The highest BCUT2D eigenvalue weighted by molar-refractivity contribution is 4.67. The summed E-state index contributed by atoms with van der Waals surface area (Å²) in [7, 11) is 10.6. The minimum absolute atomic E-state index is 0. The lowest BCUT2D eigenvalue weighted by atomic mass is 10.2. The molecule has 0 saturated carbocycles. The fourth-order valence-corrected chi connectivity index (χ4v) is 2.04. The zero-order valence-corrected chi connectivity index (χ0v) is 13.4. The number of hydrogen-bond donors (Lipinski definition) is 1. The highest BCUT2D eigenvalue weighted by Crippen LogP contribution is 2.09. The number of hydrogen-bond acceptors (Lipinski definition) is 5. The predicted octanol–water partition coefficient (Wildman–Crippen LogP) is -0.808. The molecule has 124 valence electrons. The van der Waals surface area contributed by atoms with E-state index in [2.05, 4.69) is 35.2 Å². The summed E-state index contributed by atoms with van der Waals surface area (Å²) in [5.74, 6) is 0. The number of quaternary nitrogens is 2. The second kappa shape index (κ2) is 8.89. The van der Waals surface area contributed by atoms with E-state index in [0.29, 0.717) is 12.7 Å². The molecule has 1 fully saturated rings. The number of likely N-dealkylation sites (N-methyl/N-ethyl adjacent to an activating group) is 2. The molecule has 0 aromatic carbocycles. The average molecular weight is 296 g/mol. The number of ether oxygens (including phenoxy) is 2. The summed E-state index contributed by atoms with van der Waals surface area (Å²) in [5, 5.41) is 10.1. The van der Waals surface area contributed by atoms with Crippen molar-refractivity contribution in [3.8, 4) is 0 Å². The minimum Gasteiger partial charge on any atom is -0.870 e. The topological polar surface area (TPSA) is 102 Å². The predicted molar refractivity (Wildman–Crippen MR) is 75.2 cm³/mol. The maximum absolute atomic E-state index is 10.1. The second-order valence-corrected chi connectivity index (χ2v) is 7.00. The number of epoxide rings is 1. The van der Waals surface area contributed by atoms with Crippen molar-refractivity contribution in [1.82, 2.24) is 0 Å². The summed E-state index contributed by atoms with van der Waals surface area (Å²) >= 11 is 0. The van der Waals surface area contributed by atoms with E-state index < -0.39 is 0 Å². The van der Waals surface area contributed by atoms with Gasteiger partial charge in [-0.2, -0.15) is 0 Å². The Hall–Kier alpha value is -0.280. The Kier molecular flexibility index (Phi) is 9.78. The molecule has 1 aliphatic rings. The second-order valence-electron chi connectivity index (χ2n) is 7.00. The normalized spacial score (nSPS) is 19.8. The van der Waals surface area contributed by atoms with Gasteiger partial charge in [-0.25, -0.2) is 0 Å². The van der Waals surface area contributed by atoms with E-state index in [1.54, 1.807) is 0 Å². The smallest absolute Gasteiger partial charge is 0.152 e. The molecule has 1 rings (SSSR count). The first-order chi connectivity index (χ1) is 8.18. The lowest BCUT2D eigenvalue weighted by molar-refractivity contribution is -0.907. The van der Waals surface area contributed by atoms with Crippen molar-refractivity contribution < 1.29 is 34.5 Å². The van der Waals surface area contributed by atoms with Gasteiger partial charge in [0, 0.05) is 0 Å². The maximum atomic E-state index is 10.1. The SMILES string of the molecule is C[N+](C)(C)CC(O)C[N+](C)(C)CCOCC1CO1.[OH-].[OH-]. The van der Waals surface area contributed by atoms with E-state index in [4.69, 9.17) is 9.47 Å². The van der Waals surface area contributed by atoms with Gasteiger partial charge >= 0.3 is 0 Å². The maximum Gasteiger partial charge on any atom is 0.152 e. The molecular formula is C13H32N2O5. The van der Waals surface area contributed by atoms with Crippen LogP contribution in [0, 0.1) is 0 Å². The Morgan fingerprint density at radius 1 is 1.15 bits per heavy atom. The van der Waals surface area contributed by atoms with Gasteiger partial charge in [0.1, 0.15) is 25.7 Å². The molecular weight excluding hydrogens is 264 g/mol. The summed E-state index contributed by atoms with van der Waals surface area (Å²) < 4.78 is 12.2. The Balaban J connectivity index is 0. The molecule has 0 aromatic heterocycles. The van der Waals surface area contributed by atoms with Crippen LogP contribution in [0.15, 0.2) is 0 Å². The monoisotopic (exact) mass is 296 g/mol. The number of aliphatic hydroxyl groups excluding tert-OH is 1. The van der Waals surface area contributed by atoms with Crippen molar-refractivity contribution in [3.63, 3.8) is 0 Å². The first-order valence-electron chi connectivity index (χ1n) is 6.68. The van der Waals surface area contributed by atoms with Crippen LogP contribution in [0.3, 0.4) is 0 Å². The first kappa shape index (κ1) is 22.0. The van der Waals surface area contributed by atoms with Crippen LogP contribution < -0.4 is 0 Å². The van der Waals surface area contributed by atoms with Gasteiger partial charge in [0.2, 0.25) is 0 Å². The minimum atomic E-state index is -0.272. The van der Waals surface area contributed by atoms with Crippen LogP contribution >= 0.6 is 0 Å². The van der Waals surface area contributed by atoms with E-state index >= 15 is 0 Å². The zero-order chi connectivity index (χ0) is 13.8. The quantitative estimate of drug-likeness (QED) is 0.341. The Morgan fingerprint density at radius 2 is 1.70 bits per heavy atom. The molecule has 1 heterocycles. The molecule has 1 saturated heterocycles. The van der Waals surface area contributed by atoms with Crippen molar-refractivity contribution in [2.24, 2.45) is 0 Å². The highest BCUT2D eigenvalue weighted by atomic mass is 16.6. The van der Waals surface area contributed by atoms with Gasteiger partial charge in [-0.1, -0.05) is 0 Å². The number of aliphatic hydroxyl groups is 1. The molecule has 7 heteroatoms. The van der Waals surface area contributed by atoms with Crippen molar-refractivity contribution in [3.05, 3.63) is 0 Å². The fraction of sp³-hybridized carbons (Fsp3) is 1.00. The molecule has 0 radical (unpaired) electrons. The lowest BCUT2D eigenvalue weighted by Gasteiger charge is -2.34. The van der Waals surface area contributed by atoms with Crippen molar-refractivity contribution in [2.75, 3.05) is 74.7 Å². The third kappa shape index (κ3) is 11.5. The molecule has 2 atom stereocenters. The van der Waals surface area contributed by atoms with Gasteiger partial charge in [0.05, 0.1) is 55.1 Å². The van der Waals surface area contributed by atoms with Crippen LogP contribution in [0.2, 0.25) is 0 Å². The molecule has 3 N–H and O–H groups in total. The van der Waals surface area contributed by atoms with Crippen LogP contribution in [0.1, 0.15) is 0 Å². The lowest BCUT2D eigenvalue weighted by Crippen LogP contribution is -2.52. The first-order valence-corrected chi connectivity index (χ1v) is 6.68. The summed E-state index contributed by atoms with van der Waals surface area (Å²) in [6.07, 6.45) is 0.0659. The van der Waals surface area contributed by atoms with E-state index in [1.807, 2.05) is 0 Å². The van der Waals surface area contributed by atoms with Crippen LogP contribution in [0.5, 0.6) is 0 Å². The van der Waals surface area contributed by atoms with Crippen LogP contribution in [-0.2, 0) is 9.47 Å². The van der Waals surface area contributed by atoms with E-state index in [0.717, 1.165) is 41.8 Å². The molecule has 20 heavy (non-hydrogen) atoms. The Bertz CT molecular complexity index is 252. The molecule has 1 aliphatic heterocycles. The van der Waals surface area contributed by atoms with Gasteiger partial charge in [0.25, 0.3) is 0 Å². The largest absolute Gasteiger partial charge is 0.870 e. The molecule has 0 bridgehead atoms.